The number of carbonyl (C=O) groups excluding carboxylic acids is 2. The molecule has 0 aromatic carbocycles. The van der Waals surface area contributed by atoms with Gasteiger partial charge in [-0.1, -0.05) is 29.8 Å². The fraction of sp³-hybridized carbons (Fsp3) is 0.895. The Bertz CT molecular complexity index is 561. The summed E-state index contributed by atoms with van der Waals surface area (Å²) in [5, 5.41) is 10.9. The standard InChI is InChI=1S/C19H27BrO3/c1-18-5-3-11(21)7-10(18)8-15(22)16-12(18)4-6-19(2)13(16)9-14(20)17(19)23/h10,12-16,22H,3-9H2,1-2H3/t10-,12+,13+,14-,15-,16-,18+,19+/m1/s1. The van der Waals surface area contributed by atoms with Crippen LogP contribution in [0.15, 0.2) is 0 Å². The maximum atomic E-state index is 12.7. The zero-order valence-electron chi connectivity index (χ0n) is 14.1. The molecule has 3 nitrogen and oxygen atoms in total. The second-order valence-electron chi connectivity index (χ2n) is 9.06. The highest BCUT2D eigenvalue weighted by Gasteiger charge is 2.64. The molecule has 0 spiro atoms. The first-order valence-electron chi connectivity index (χ1n) is 9.15. The van der Waals surface area contributed by atoms with Crippen LogP contribution in [0.25, 0.3) is 0 Å². The average Bonchev–Trinajstić information content (AvgIpc) is 2.73. The third-order valence-electron chi connectivity index (χ3n) is 8.20. The van der Waals surface area contributed by atoms with Gasteiger partial charge in [0.15, 0.2) is 5.78 Å². The van der Waals surface area contributed by atoms with Gasteiger partial charge in [-0.25, -0.2) is 0 Å². The molecule has 0 aromatic heterocycles. The van der Waals surface area contributed by atoms with Crippen molar-refractivity contribution >= 4 is 27.5 Å². The normalized spacial score (nSPS) is 56.0. The van der Waals surface area contributed by atoms with Crippen molar-refractivity contribution in [2.24, 2.45) is 34.5 Å². The van der Waals surface area contributed by atoms with Gasteiger partial charge in [0.25, 0.3) is 0 Å². The molecule has 4 aliphatic rings. The van der Waals surface area contributed by atoms with E-state index in [1.54, 1.807) is 0 Å². The monoisotopic (exact) mass is 382 g/mol. The number of hydrogen-bond acceptors (Lipinski definition) is 3. The van der Waals surface area contributed by atoms with Crippen molar-refractivity contribution in [2.75, 3.05) is 0 Å². The molecule has 4 heteroatoms. The van der Waals surface area contributed by atoms with E-state index >= 15 is 0 Å². The van der Waals surface area contributed by atoms with Gasteiger partial charge < -0.3 is 5.11 Å². The second kappa shape index (κ2) is 5.14. The number of carbonyl (C=O) groups is 2. The molecule has 0 heterocycles. The van der Waals surface area contributed by atoms with Crippen molar-refractivity contribution in [1.82, 2.24) is 0 Å². The third kappa shape index (κ3) is 2.09. The Morgan fingerprint density at radius 1 is 1.13 bits per heavy atom. The smallest absolute Gasteiger partial charge is 0.152 e. The summed E-state index contributed by atoms with van der Waals surface area (Å²) in [4.78, 5) is 24.5. The van der Waals surface area contributed by atoms with Crippen LogP contribution >= 0.6 is 15.9 Å². The van der Waals surface area contributed by atoms with Gasteiger partial charge in [-0.05, 0) is 61.2 Å². The predicted molar refractivity (Wildman–Crippen MR) is 91.2 cm³/mol. The minimum atomic E-state index is -0.348. The van der Waals surface area contributed by atoms with Crippen molar-refractivity contribution in [2.45, 2.75) is 69.7 Å². The Labute approximate surface area is 146 Å². The predicted octanol–water partition coefficient (Wildman–Crippen LogP) is 3.51. The minimum Gasteiger partial charge on any atom is -0.393 e. The average molecular weight is 383 g/mol. The maximum Gasteiger partial charge on any atom is 0.152 e. The first-order chi connectivity index (χ1) is 10.8. The molecular formula is C19H27BrO3. The zero-order chi connectivity index (χ0) is 16.6. The number of hydrogen-bond donors (Lipinski definition) is 1. The van der Waals surface area contributed by atoms with Gasteiger partial charge in [0.1, 0.15) is 5.78 Å². The molecule has 8 atom stereocenters. The lowest BCUT2D eigenvalue weighted by molar-refractivity contribution is -0.166. The molecule has 4 fully saturated rings. The second-order valence-corrected chi connectivity index (χ2v) is 10.2. The summed E-state index contributed by atoms with van der Waals surface area (Å²) in [6, 6.07) is 0. The van der Waals surface area contributed by atoms with Crippen molar-refractivity contribution < 1.29 is 14.7 Å². The van der Waals surface area contributed by atoms with E-state index in [1.165, 1.54) is 0 Å². The van der Waals surface area contributed by atoms with Gasteiger partial charge in [-0.15, -0.1) is 0 Å². The van der Waals surface area contributed by atoms with Crippen LogP contribution in [0.2, 0.25) is 0 Å². The summed E-state index contributed by atoms with van der Waals surface area (Å²) in [5.41, 5.74) is -0.0867. The summed E-state index contributed by atoms with van der Waals surface area (Å²) in [7, 11) is 0. The lowest BCUT2D eigenvalue weighted by atomic mass is 9.44. The Kier molecular flexibility index (Phi) is 3.63. The van der Waals surface area contributed by atoms with Crippen LogP contribution in [0.1, 0.15) is 58.8 Å². The fourth-order valence-electron chi connectivity index (χ4n) is 6.77. The lowest BCUT2D eigenvalue weighted by Crippen LogP contribution is -2.58. The number of Topliss-reactive ketones (excluding diaryl/α,β-unsaturated/α-hetero) is 2. The van der Waals surface area contributed by atoms with Crippen LogP contribution in [0.4, 0.5) is 0 Å². The van der Waals surface area contributed by atoms with E-state index in [9.17, 15) is 14.7 Å². The molecule has 4 saturated carbocycles. The van der Waals surface area contributed by atoms with E-state index in [4.69, 9.17) is 0 Å². The quantitative estimate of drug-likeness (QED) is 0.652. The number of aliphatic hydroxyl groups excluding tert-OH is 1. The molecule has 0 amide bonds. The molecule has 0 bridgehead atoms. The van der Waals surface area contributed by atoms with Crippen molar-refractivity contribution in [1.29, 1.82) is 0 Å². The topological polar surface area (TPSA) is 54.4 Å². The molecule has 1 N–H and O–H groups in total. The first-order valence-corrected chi connectivity index (χ1v) is 10.1. The fourth-order valence-corrected chi connectivity index (χ4v) is 7.69. The first kappa shape index (κ1) is 16.3. The van der Waals surface area contributed by atoms with Gasteiger partial charge >= 0.3 is 0 Å². The van der Waals surface area contributed by atoms with E-state index in [0.717, 1.165) is 32.1 Å². The van der Waals surface area contributed by atoms with Crippen LogP contribution in [0.5, 0.6) is 0 Å². The van der Waals surface area contributed by atoms with E-state index in [-0.39, 0.29) is 27.7 Å². The SMILES string of the molecule is C[C@]12CCC(=O)C[C@@H]1C[C@@H](O)[C@@H]1[C@@H]2CC[C@]2(C)C(=O)[C@H](Br)C[C@@H]12. The Morgan fingerprint density at radius 2 is 1.87 bits per heavy atom. The summed E-state index contributed by atoms with van der Waals surface area (Å²) in [6.45, 7) is 4.49. The molecule has 0 aliphatic heterocycles. The molecule has 23 heavy (non-hydrogen) atoms. The largest absolute Gasteiger partial charge is 0.393 e. The Hall–Kier alpha value is -0.220. The van der Waals surface area contributed by atoms with E-state index in [2.05, 4.69) is 29.8 Å². The summed E-state index contributed by atoms with van der Waals surface area (Å²) < 4.78 is 0. The molecular weight excluding hydrogens is 356 g/mol. The van der Waals surface area contributed by atoms with Gasteiger partial charge in [0, 0.05) is 18.3 Å². The Balaban J connectivity index is 1.70. The molecule has 4 aliphatic carbocycles. The van der Waals surface area contributed by atoms with Gasteiger partial charge in [0.05, 0.1) is 10.9 Å². The highest BCUT2D eigenvalue weighted by Crippen LogP contribution is 2.65. The lowest BCUT2D eigenvalue weighted by Gasteiger charge is -2.60. The van der Waals surface area contributed by atoms with E-state index in [0.29, 0.717) is 42.2 Å². The molecule has 0 saturated heterocycles. The third-order valence-corrected chi connectivity index (χ3v) is 8.99. The molecule has 0 radical (unpaired) electrons. The minimum absolute atomic E-state index is 0.0399. The van der Waals surface area contributed by atoms with Gasteiger partial charge in [0.2, 0.25) is 0 Å². The molecule has 4 rings (SSSR count). The zero-order valence-corrected chi connectivity index (χ0v) is 15.6. The van der Waals surface area contributed by atoms with Gasteiger partial charge in [-0.2, -0.15) is 0 Å². The van der Waals surface area contributed by atoms with Crippen LogP contribution < -0.4 is 0 Å². The highest BCUT2D eigenvalue weighted by atomic mass is 79.9. The molecule has 128 valence electrons. The number of ketones is 2. The van der Waals surface area contributed by atoms with Crippen molar-refractivity contribution in [3.63, 3.8) is 0 Å². The summed E-state index contributed by atoms with van der Waals surface area (Å²) >= 11 is 3.58. The summed E-state index contributed by atoms with van der Waals surface area (Å²) in [6.07, 6.45) is 5.57. The van der Waals surface area contributed by atoms with Gasteiger partial charge in [-0.3, -0.25) is 9.59 Å². The van der Waals surface area contributed by atoms with Crippen LogP contribution in [0.3, 0.4) is 0 Å². The number of alkyl halides is 1. The van der Waals surface area contributed by atoms with Crippen LogP contribution in [0, 0.1) is 34.5 Å². The molecule has 0 unspecified atom stereocenters. The van der Waals surface area contributed by atoms with Crippen molar-refractivity contribution in [3.05, 3.63) is 0 Å². The van der Waals surface area contributed by atoms with Crippen LogP contribution in [-0.2, 0) is 9.59 Å². The maximum absolute atomic E-state index is 12.7. The van der Waals surface area contributed by atoms with E-state index in [1.807, 2.05) is 0 Å². The summed E-state index contributed by atoms with van der Waals surface area (Å²) in [5.74, 6) is 2.04. The number of fused-ring (bicyclic) bond motifs is 5. The van der Waals surface area contributed by atoms with Crippen LogP contribution in [-0.4, -0.2) is 27.6 Å². The Morgan fingerprint density at radius 3 is 2.61 bits per heavy atom. The highest BCUT2D eigenvalue weighted by molar-refractivity contribution is 9.10. The molecule has 0 aromatic rings. The number of halogens is 1. The number of rotatable bonds is 0. The van der Waals surface area contributed by atoms with E-state index < -0.39 is 0 Å². The van der Waals surface area contributed by atoms with Crippen molar-refractivity contribution in [3.8, 4) is 0 Å². The number of aliphatic hydroxyl groups is 1.